The van der Waals surface area contributed by atoms with E-state index < -0.39 is 0 Å². The summed E-state index contributed by atoms with van der Waals surface area (Å²) in [6.45, 7) is 9.63. The molecule has 1 spiro atoms. The molecule has 2 rings (SSSR count). The summed E-state index contributed by atoms with van der Waals surface area (Å²) in [6, 6.07) is 0.622. The van der Waals surface area contributed by atoms with Gasteiger partial charge in [0.15, 0.2) is 0 Å². The second-order valence-corrected chi connectivity index (χ2v) is 7.03. The Balaban J connectivity index is 1.81. The summed E-state index contributed by atoms with van der Waals surface area (Å²) in [4.78, 5) is 18.7. The highest BCUT2D eigenvalue weighted by atomic mass is 16.2. The predicted octanol–water partition coefficient (Wildman–Crippen LogP) is 1.44. The van der Waals surface area contributed by atoms with E-state index in [0.29, 0.717) is 11.5 Å². The number of carbonyl (C=O) groups is 1. The average Bonchev–Trinajstić information content (AvgIpc) is 2.35. The number of carbonyl (C=O) groups excluding carboxylic acids is 1. The number of hydrogen-bond donors (Lipinski definition) is 0. The molecule has 4 nitrogen and oxygen atoms in total. The highest BCUT2D eigenvalue weighted by molar-refractivity contribution is 5.88. The highest BCUT2D eigenvalue weighted by Gasteiger charge is 2.47. The molecule has 0 radical (unpaired) electrons. The van der Waals surface area contributed by atoms with Gasteiger partial charge in [-0.2, -0.15) is 0 Å². The molecule has 0 saturated carbocycles. The summed E-state index contributed by atoms with van der Waals surface area (Å²) < 4.78 is 0. The van der Waals surface area contributed by atoms with E-state index in [0.717, 1.165) is 26.2 Å². The molecule has 0 unspecified atom stereocenters. The quantitative estimate of drug-likeness (QED) is 0.729. The monoisotopic (exact) mass is 279 g/mol. The van der Waals surface area contributed by atoms with Crippen molar-refractivity contribution >= 4 is 5.91 Å². The standard InChI is InChI=1S/C16H29N3O/c1-14(2)18-10-6-8-16(11-18)12-19(13-16)15(20)7-5-9-17(3)4/h5,7,14H,6,8-13H2,1-4H3/b7-5+. The van der Waals surface area contributed by atoms with Gasteiger partial charge in [0.2, 0.25) is 5.91 Å². The molecule has 2 heterocycles. The topological polar surface area (TPSA) is 26.8 Å². The molecular weight excluding hydrogens is 250 g/mol. The largest absolute Gasteiger partial charge is 0.338 e. The van der Waals surface area contributed by atoms with E-state index in [-0.39, 0.29) is 5.91 Å². The summed E-state index contributed by atoms with van der Waals surface area (Å²) in [5, 5.41) is 0. The van der Waals surface area contributed by atoms with Crippen LogP contribution >= 0.6 is 0 Å². The van der Waals surface area contributed by atoms with Gasteiger partial charge in [-0.05, 0) is 47.3 Å². The van der Waals surface area contributed by atoms with Gasteiger partial charge in [0.05, 0.1) is 0 Å². The molecule has 0 atom stereocenters. The van der Waals surface area contributed by atoms with Crippen LogP contribution in [0.25, 0.3) is 0 Å². The first-order chi connectivity index (χ1) is 9.42. The van der Waals surface area contributed by atoms with Crippen molar-refractivity contribution in [1.29, 1.82) is 0 Å². The molecule has 0 bridgehead atoms. The van der Waals surface area contributed by atoms with Crippen LogP contribution in [-0.2, 0) is 4.79 Å². The maximum absolute atomic E-state index is 12.1. The van der Waals surface area contributed by atoms with Crippen LogP contribution in [0.3, 0.4) is 0 Å². The Morgan fingerprint density at radius 2 is 2.00 bits per heavy atom. The lowest BCUT2D eigenvalue weighted by atomic mass is 9.73. The number of rotatable bonds is 4. The molecule has 0 aromatic heterocycles. The second-order valence-electron chi connectivity index (χ2n) is 7.03. The summed E-state index contributed by atoms with van der Waals surface area (Å²) in [7, 11) is 4.02. The maximum Gasteiger partial charge on any atom is 0.246 e. The molecule has 114 valence electrons. The molecule has 2 aliphatic rings. The molecule has 0 N–H and O–H groups in total. The van der Waals surface area contributed by atoms with Gasteiger partial charge in [0, 0.05) is 43.7 Å². The minimum atomic E-state index is 0.180. The van der Waals surface area contributed by atoms with Crippen LogP contribution in [0, 0.1) is 5.41 Å². The van der Waals surface area contributed by atoms with Crippen LogP contribution in [0.15, 0.2) is 12.2 Å². The molecule has 2 aliphatic heterocycles. The smallest absolute Gasteiger partial charge is 0.246 e. The van der Waals surface area contributed by atoms with Crippen molar-refractivity contribution < 1.29 is 4.79 Å². The summed E-state index contributed by atoms with van der Waals surface area (Å²) in [5.74, 6) is 0.180. The maximum atomic E-state index is 12.1. The van der Waals surface area contributed by atoms with E-state index in [1.54, 1.807) is 6.08 Å². The van der Waals surface area contributed by atoms with Gasteiger partial charge < -0.3 is 14.7 Å². The number of likely N-dealkylation sites (tertiary alicyclic amines) is 2. The van der Waals surface area contributed by atoms with Gasteiger partial charge in [-0.3, -0.25) is 4.79 Å². The first kappa shape index (κ1) is 15.5. The molecule has 0 aliphatic carbocycles. The lowest BCUT2D eigenvalue weighted by Gasteiger charge is -2.55. The van der Waals surface area contributed by atoms with Crippen LogP contribution < -0.4 is 0 Å². The fourth-order valence-electron chi connectivity index (χ4n) is 3.33. The zero-order chi connectivity index (χ0) is 14.8. The van der Waals surface area contributed by atoms with E-state index >= 15 is 0 Å². The molecule has 20 heavy (non-hydrogen) atoms. The minimum Gasteiger partial charge on any atom is -0.338 e. The third kappa shape index (κ3) is 3.61. The molecule has 1 amide bonds. The zero-order valence-electron chi connectivity index (χ0n) is 13.4. The van der Waals surface area contributed by atoms with Crippen molar-refractivity contribution in [3.05, 3.63) is 12.2 Å². The zero-order valence-corrected chi connectivity index (χ0v) is 13.4. The first-order valence-corrected chi connectivity index (χ1v) is 7.76. The van der Waals surface area contributed by atoms with E-state index in [4.69, 9.17) is 0 Å². The predicted molar refractivity (Wildman–Crippen MR) is 82.7 cm³/mol. The fourth-order valence-corrected chi connectivity index (χ4v) is 3.33. The Morgan fingerprint density at radius 3 is 2.60 bits per heavy atom. The molecule has 2 saturated heterocycles. The van der Waals surface area contributed by atoms with E-state index in [1.165, 1.54) is 19.4 Å². The number of piperidine rings is 1. The van der Waals surface area contributed by atoms with Crippen LogP contribution in [0.5, 0.6) is 0 Å². The Bertz CT molecular complexity index is 370. The average molecular weight is 279 g/mol. The van der Waals surface area contributed by atoms with Crippen molar-refractivity contribution in [2.24, 2.45) is 5.41 Å². The second kappa shape index (κ2) is 6.27. The van der Waals surface area contributed by atoms with Gasteiger partial charge in [-0.25, -0.2) is 0 Å². The summed E-state index contributed by atoms with van der Waals surface area (Å²) in [6.07, 6.45) is 6.24. The Kier molecular flexibility index (Phi) is 4.86. The van der Waals surface area contributed by atoms with Gasteiger partial charge in [0.1, 0.15) is 0 Å². The molecular formula is C16H29N3O. The SMILES string of the molecule is CC(C)N1CCCC2(CN(C(=O)/C=C/CN(C)C)C2)C1. The van der Waals surface area contributed by atoms with E-state index in [9.17, 15) is 4.79 Å². The lowest BCUT2D eigenvalue weighted by Crippen LogP contribution is -2.64. The minimum absolute atomic E-state index is 0.180. The van der Waals surface area contributed by atoms with Gasteiger partial charge in [-0.15, -0.1) is 0 Å². The summed E-state index contributed by atoms with van der Waals surface area (Å²) >= 11 is 0. The molecule has 0 aromatic rings. The van der Waals surface area contributed by atoms with Gasteiger partial charge >= 0.3 is 0 Å². The normalized spacial score (nSPS) is 23.0. The number of likely N-dealkylation sites (N-methyl/N-ethyl adjacent to an activating group) is 1. The van der Waals surface area contributed by atoms with Crippen molar-refractivity contribution in [3.63, 3.8) is 0 Å². The highest BCUT2D eigenvalue weighted by Crippen LogP contribution is 2.39. The van der Waals surface area contributed by atoms with Gasteiger partial charge in [-0.1, -0.05) is 6.08 Å². The van der Waals surface area contributed by atoms with Crippen molar-refractivity contribution in [1.82, 2.24) is 14.7 Å². The Morgan fingerprint density at radius 1 is 1.30 bits per heavy atom. The molecule has 4 heteroatoms. The van der Waals surface area contributed by atoms with Gasteiger partial charge in [0.25, 0.3) is 0 Å². The Hall–Kier alpha value is -0.870. The van der Waals surface area contributed by atoms with Crippen LogP contribution in [0.1, 0.15) is 26.7 Å². The van der Waals surface area contributed by atoms with E-state index in [1.807, 2.05) is 25.1 Å². The van der Waals surface area contributed by atoms with Crippen LogP contribution in [0.2, 0.25) is 0 Å². The Labute approximate surface area is 123 Å². The molecule has 0 aromatic carbocycles. The third-order valence-electron chi connectivity index (χ3n) is 4.52. The first-order valence-electron chi connectivity index (χ1n) is 7.76. The van der Waals surface area contributed by atoms with Crippen molar-refractivity contribution in [3.8, 4) is 0 Å². The number of amides is 1. The molecule has 2 fully saturated rings. The van der Waals surface area contributed by atoms with Crippen molar-refractivity contribution in [2.75, 3.05) is 46.8 Å². The van der Waals surface area contributed by atoms with Crippen molar-refractivity contribution in [2.45, 2.75) is 32.7 Å². The third-order valence-corrected chi connectivity index (χ3v) is 4.52. The van der Waals surface area contributed by atoms with Crippen LogP contribution in [-0.4, -0.2) is 73.5 Å². The van der Waals surface area contributed by atoms with Crippen LogP contribution in [0.4, 0.5) is 0 Å². The van der Waals surface area contributed by atoms with E-state index in [2.05, 4.69) is 23.6 Å². The lowest BCUT2D eigenvalue weighted by molar-refractivity contribution is -0.142. The fraction of sp³-hybridized carbons (Fsp3) is 0.812. The summed E-state index contributed by atoms with van der Waals surface area (Å²) in [5.41, 5.74) is 0.383. The number of hydrogen-bond acceptors (Lipinski definition) is 3. The number of nitrogens with zero attached hydrogens (tertiary/aromatic N) is 3.